The van der Waals surface area contributed by atoms with Gasteiger partial charge >= 0.3 is 6.18 Å². The molecular weight excluding hydrogens is 491 g/mol. The zero-order valence-corrected chi connectivity index (χ0v) is 19.9. The number of anilines is 2. The summed E-state index contributed by atoms with van der Waals surface area (Å²) in [7, 11) is 0. The van der Waals surface area contributed by atoms with Gasteiger partial charge in [-0.3, -0.25) is 9.59 Å². The van der Waals surface area contributed by atoms with Gasteiger partial charge < -0.3 is 19.4 Å². The Morgan fingerprint density at radius 3 is 2.73 bits per heavy atom. The number of hydrogen-bond acceptors (Lipinski definition) is 8. The number of ether oxygens (including phenoxy) is 1. The molecule has 196 valence electrons. The quantitative estimate of drug-likeness (QED) is 0.554. The third-order valence-electron chi connectivity index (χ3n) is 7.31. The first kappa shape index (κ1) is 25.0. The van der Waals surface area contributed by atoms with Crippen molar-refractivity contribution in [2.24, 2.45) is 0 Å². The lowest BCUT2D eigenvalue weighted by molar-refractivity contribution is -0.138. The number of aromatic amines is 1. The Hall–Kier alpha value is -3.66. The van der Waals surface area contributed by atoms with Crippen molar-refractivity contribution in [2.45, 2.75) is 50.0 Å². The van der Waals surface area contributed by atoms with E-state index in [1.807, 2.05) is 16.1 Å². The van der Waals surface area contributed by atoms with Crippen molar-refractivity contribution in [1.82, 2.24) is 20.1 Å². The number of carbonyl (C=O) groups excluding carboxylic acids is 1. The molecule has 5 rings (SSSR count). The highest BCUT2D eigenvalue weighted by Gasteiger charge is 2.45. The zero-order chi connectivity index (χ0) is 26.2. The fraction of sp³-hybridized carbons (Fsp3) is 0.542. The lowest BCUT2D eigenvalue weighted by atomic mass is 10.2. The number of amides is 1. The number of H-pyrrole nitrogens is 1. The number of alkyl halides is 3. The summed E-state index contributed by atoms with van der Waals surface area (Å²) in [6, 6.07) is 5.54. The maximum absolute atomic E-state index is 13.5. The molecular formula is C24H26F3N7O3. The van der Waals surface area contributed by atoms with E-state index in [0.717, 1.165) is 18.4 Å². The van der Waals surface area contributed by atoms with E-state index in [-0.39, 0.29) is 49.4 Å². The standard InChI is InChI=1S/C24H26F3N7O3/c25-24(26,27)22-19(11-30-31-23(22)36)32-6-1-2-16(32)14-37-7-5-21(35)34-13-17-8-18(34)12-33(17)20-4-3-15(9-28)10-29-20/h3-4,10-11,16-18H,1-2,5-8,12-14H2,(H,31,36)/t16-,17-,18-/m0/s1. The second kappa shape index (κ2) is 10.0. The summed E-state index contributed by atoms with van der Waals surface area (Å²) in [5.74, 6) is 0.786. The van der Waals surface area contributed by atoms with Crippen molar-refractivity contribution in [3.8, 4) is 6.07 Å². The molecule has 3 aliphatic heterocycles. The van der Waals surface area contributed by atoms with Crippen LogP contribution in [-0.2, 0) is 15.7 Å². The Morgan fingerprint density at radius 2 is 2.05 bits per heavy atom. The van der Waals surface area contributed by atoms with Gasteiger partial charge in [0.05, 0.1) is 55.2 Å². The van der Waals surface area contributed by atoms with Gasteiger partial charge in [0, 0.05) is 25.8 Å². The van der Waals surface area contributed by atoms with Gasteiger partial charge in [-0.05, 0) is 31.4 Å². The molecule has 3 saturated heterocycles. The number of carbonyl (C=O) groups is 1. The molecule has 1 amide bonds. The summed E-state index contributed by atoms with van der Waals surface area (Å²) in [6.07, 6.45) is 0.107. The smallest absolute Gasteiger partial charge is 0.379 e. The first-order chi connectivity index (χ1) is 17.8. The molecule has 2 aromatic rings. The number of likely N-dealkylation sites (tertiary alicyclic amines) is 1. The van der Waals surface area contributed by atoms with Crippen molar-refractivity contribution < 1.29 is 22.7 Å². The van der Waals surface area contributed by atoms with E-state index < -0.39 is 17.3 Å². The molecule has 3 fully saturated rings. The second-order valence-corrected chi connectivity index (χ2v) is 9.53. The molecule has 37 heavy (non-hydrogen) atoms. The number of piperazine rings is 1. The molecule has 2 aromatic heterocycles. The molecule has 3 atom stereocenters. The van der Waals surface area contributed by atoms with E-state index in [0.29, 0.717) is 38.0 Å². The van der Waals surface area contributed by atoms with Gasteiger partial charge in [0.15, 0.2) is 0 Å². The molecule has 10 nitrogen and oxygen atoms in total. The van der Waals surface area contributed by atoms with Crippen molar-refractivity contribution in [1.29, 1.82) is 5.26 Å². The van der Waals surface area contributed by atoms with E-state index >= 15 is 0 Å². The molecule has 5 heterocycles. The third-order valence-corrected chi connectivity index (χ3v) is 7.31. The summed E-state index contributed by atoms with van der Waals surface area (Å²) in [5, 5.41) is 14.4. The van der Waals surface area contributed by atoms with Gasteiger partial charge in [0.2, 0.25) is 5.91 Å². The fourth-order valence-corrected chi connectivity index (χ4v) is 5.60. The van der Waals surface area contributed by atoms with Crippen molar-refractivity contribution >= 4 is 17.4 Å². The van der Waals surface area contributed by atoms with E-state index in [9.17, 15) is 22.8 Å². The molecule has 0 spiro atoms. The molecule has 1 N–H and O–H groups in total. The molecule has 0 unspecified atom stereocenters. The topological polar surface area (TPSA) is 118 Å². The molecule has 3 aliphatic rings. The minimum Gasteiger partial charge on any atom is -0.379 e. The summed E-state index contributed by atoms with van der Waals surface area (Å²) in [6.45, 7) is 1.96. The minimum atomic E-state index is -4.80. The Labute approximate surface area is 210 Å². The molecule has 0 aliphatic carbocycles. The Balaban J connectivity index is 1.11. The zero-order valence-electron chi connectivity index (χ0n) is 19.9. The van der Waals surface area contributed by atoms with E-state index in [2.05, 4.69) is 21.1 Å². The average Bonchev–Trinajstić information content (AvgIpc) is 3.62. The van der Waals surface area contributed by atoms with Crippen molar-refractivity contribution in [3.63, 3.8) is 0 Å². The monoisotopic (exact) mass is 517 g/mol. The van der Waals surface area contributed by atoms with Crippen LogP contribution < -0.4 is 15.4 Å². The van der Waals surface area contributed by atoms with Crippen LogP contribution in [0.3, 0.4) is 0 Å². The number of rotatable bonds is 7. The molecule has 0 saturated carbocycles. The van der Waals surface area contributed by atoms with Gasteiger partial charge in [-0.2, -0.15) is 23.5 Å². The SMILES string of the molecule is N#Cc1ccc(N2C[C@@H]3C[C@H]2CN3C(=O)CCOC[C@@H]2CCCN2c2cn[nH]c(=O)c2C(F)(F)F)nc1. The number of nitriles is 1. The summed E-state index contributed by atoms with van der Waals surface area (Å²) < 4.78 is 46.2. The summed E-state index contributed by atoms with van der Waals surface area (Å²) >= 11 is 0. The molecule has 0 aromatic carbocycles. The molecule has 13 heteroatoms. The van der Waals surface area contributed by atoms with Gasteiger partial charge in [0.25, 0.3) is 5.56 Å². The number of nitrogens with one attached hydrogen (secondary N) is 1. The molecule has 0 radical (unpaired) electrons. The second-order valence-electron chi connectivity index (χ2n) is 9.53. The van der Waals surface area contributed by atoms with Crippen LogP contribution in [0.4, 0.5) is 24.7 Å². The van der Waals surface area contributed by atoms with Crippen LogP contribution in [0.5, 0.6) is 0 Å². The maximum Gasteiger partial charge on any atom is 0.423 e. The molecule has 2 bridgehead atoms. The predicted molar refractivity (Wildman–Crippen MR) is 126 cm³/mol. The van der Waals surface area contributed by atoms with Gasteiger partial charge in [-0.25, -0.2) is 10.1 Å². The maximum atomic E-state index is 13.5. The van der Waals surface area contributed by atoms with Crippen molar-refractivity contribution in [3.05, 3.63) is 46.0 Å². The summed E-state index contributed by atoms with van der Waals surface area (Å²) in [4.78, 5) is 34.6. The number of halogens is 3. The van der Waals surface area contributed by atoms with Crippen LogP contribution in [0.15, 0.2) is 29.3 Å². The largest absolute Gasteiger partial charge is 0.423 e. The highest BCUT2D eigenvalue weighted by Crippen LogP contribution is 2.37. The van der Waals surface area contributed by atoms with Gasteiger partial charge in [-0.15, -0.1) is 0 Å². The van der Waals surface area contributed by atoms with Crippen LogP contribution in [-0.4, -0.2) is 77.0 Å². The lowest BCUT2D eigenvalue weighted by Crippen LogP contribution is -2.49. The lowest BCUT2D eigenvalue weighted by Gasteiger charge is -2.35. The first-order valence-corrected chi connectivity index (χ1v) is 12.2. The number of pyridine rings is 1. The predicted octanol–water partition coefficient (Wildman–Crippen LogP) is 1.92. The first-order valence-electron chi connectivity index (χ1n) is 12.2. The van der Waals surface area contributed by atoms with Crippen LogP contribution >= 0.6 is 0 Å². The minimum absolute atomic E-state index is 0.0126. The Bertz CT molecular complexity index is 1240. The number of fused-ring (bicyclic) bond motifs is 2. The van der Waals surface area contributed by atoms with Crippen LogP contribution in [0.2, 0.25) is 0 Å². The van der Waals surface area contributed by atoms with E-state index in [1.165, 1.54) is 4.90 Å². The third kappa shape index (κ3) is 4.98. The van der Waals surface area contributed by atoms with E-state index in [4.69, 9.17) is 10.00 Å². The van der Waals surface area contributed by atoms with Gasteiger partial charge in [-0.1, -0.05) is 0 Å². The number of hydrogen-bond donors (Lipinski definition) is 1. The number of nitrogens with zero attached hydrogens (tertiary/aromatic N) is 6. The Kier molecular flexibility index (Phi) is 6.76. The highest BCUT2D eigenvalue weighted by molar-refractivity contribution is 5.77. The Morgan fingerprint density at radius 1 is 1.22 bits per heavy atom. The van der Waals surface area contributed by atoms with Crippen molar-refractivity contribution in [2.75, 3.05) is 42.6 Å². The van der Waals surface area contributed by atoms with Gasteiger partial charge in [0.1, 0.15) is 17.5 Å². The highest BCUT2D eigenvalue weighted by atomic mass is 19.4. The van der Waals surface area contributed by atoms with E-state index in [1.54, 1.807) is 12.3 Å². The number of aromatic nitrogens is 3. The fourth-order valence-electron chi connectivity index (χ4n) is 5.60. The van der Waals surface area contributed by atoms with Crippen LogP contribution in [0.25, 0.3) is 0 Å². The average molecular weight is 518 g/mol. The normalized spacial score (nSPS) is 23.1. The summed E-state index contributed by atoms with van der Waals surface area (Å²) in [5.41, 5.74) is -2.26. The van der Waals surface area contributed by atoms with Crippen LogP contribution in [0.1, 0.15) is 36.8 Å². The van der Waals surface area contributed by atoms with Crippen LogP contribution in [0, 0.1) is 11.3 Å².